The summed E-state index contributed by atoms with van der Waals surface area (Å²) in [6, 6.07) is 9.86. The van der Waals surface area contributed by atoms with Gasteiger partial charge in [-0.2, -0.15) is 0 Å². The largest absolute Gasteiger partial charge is 0.385 e. The van der Waals surface area contributed by atoms with Gasteiger partial charge in [-0.3, -0.25) is 4.79 Å². The molecule has 6 nitrogen and oxygen atoms in total. The lowest BCUT2D eigenvalue weighted by atomic mass is 10.2. The van der Waals surface area contributed by atoms with Crippen molar-refractivity contribution in [1.82, 2.24) is 19.7 Å². The quantitative estimate of drug-likeness (QED) is 0.888. The van der Waals surface area contributed by atoms with E-state index in [0.29, 0.717) is 6.54 Å². The van der Waals surface area contributed by atoms with Gasteiger partial charge in [0.05, 0.1) is 6.54 Å². The van der Waals surface area contributed by atoms with Crippen LogP contribution in [0.3, 0.4) is 0 Å². The number of rotatable bonds is 6. The fourth-order valence-electron chi connectivity index (χ4n) is 3.04. The number of anilines is 1. The van der Waals surface area contributed by atoms with Gasteiger partial charge in [0.1, 0.15) is 11.9 Å². The lowest BCUT2D eigenvalue weighted by molar-refractivity contribution is -0.137. The molecule has 0 aliphatic carbocycles. The van der Waals surface area contributed by atoms with Gasteiger partial charge in [-0.15, -0.1) is 10.2 Å². The Hall–Kier alpha value is -2.37. The van der Waals surface area contributed by atoms with Crippen LogP contribution in [-0.4, -0.2) is 38.7 Å². The van der Waals surface area contributed by atoms with Gasteiger partial charge in [0.15, 0.2) is 5.82 Å². The molecule has 1 aliphatic heterocycles. The zero-order valence-electron chi connectivity index (χ0n) is 13.7. The van der Waals surface area contributed by atoms with Gasteiger partial charge < -0.3 is 14.8 Å². The molecule has 122 valence electrons. The first-order valence-electron chi connectivity index (χ1n) is 8.21. The first kappa shape index (κ1) is 15.5. The highest BCUT2D eigenvalue weighted by Gasteiger charge is 2.32. The second-order valence-corrected chi connectivity index (χ2v) is 5.88. The highest BCUT2D eigenvalue weighted by atomic mass is 16.2. The van der Waals surface area contributed by atoms with Crippen molar-refractivity contribution < 1.29 is 4.79 Å². The second kappa shape index (κ2) is 6.81. The molecule has 2 heterocycles. The van der Waals surface area contributed by atoms with Crippen molar-refractivity contribution >= 4 is 11.6 Å². The minimum Gasteiger partial charge on any atom is -0.385 e. The number of nitrogens with zero attached hydrogens (tertiary/aromatic N) is 4. The van der Waals surface area contributed by atoms with Gasteiger partial charge in [-0.25, -0.2) is 0 Å². The van der Waals surface area contributed by atoms with E-state index < -0.39 is 0 Å². The van der Waals surface area contributed by atoms with Crippen LogP contribution in [0.5, 0.6) is 0 Å². The number of carbonyl (C=O) groups excluding carboxylic acids is 1. The number of nitrogens with one attached hydrogen (secondary N) is 1. The number of hydrogen-bond donors (Lipinski definition) is 1. The van der Waals surface area contributed by atoms with Gasteiger partial charge >= 0.3 is 0 Å². The summed E-state index contributed by atoms with van der Waals surface area (Å²) in [5.74, 6) is 1.93. The van der Waals surface area contributed by atoms with Gasteiger partial charge in [-0.1, -0.05) is 25.1 Å². The molecule has 1 aromatic heterocycles. The lowest BCUT2D eigenvalue weighted by Gasteiger charge is -2.31. The van der Waals surface area contributed by atoms with Crippen LogP contribution in [0.25, 0.3) is 0 Å². The maximum Gasteiger partial charge on any atom is 0.245 e. The molecule has 1 amide bonds. The Morgan fingerprint density at radius 3 is 2.78 bits per heavy atom. The van der Waals surface area contributed by atoms with Gasteiger partial charge in [-0.05, 0) is 25.5 Å². The molecule has 0 saturated carbocycles. The average Bonchev–Trinajstić information content (AvgIpc) is 2.96. The summed E-state index contributed by atoms with van der Waals surface area (Å²) in [7, 11) is 0. The predicted molar refractivity (Wildman–Crippen MR) is 89.1 cm³/mol. The monoisotopic (exact) mass is 313 g/mol. The SMILES string of the molecule is CCCN1Cc2nnc(CCNc3ccccc3)n2[C@@H](C)C1=O. The number of fused-ring (bicyclic) bond motifs is 1. The fourth-order valence-corrected chi connectivity index (χ4v) is 3.04. The molecule has 0 fully saturated rings. The Labute approximate surface area is 136 Å². The van der Waals surface area contributed by atoms with Crippen LogP contribution < -0.4 is 5.32 Å². The smallest absolute Gasteiger partial charge is 0.245 e. The van der Waals surface area contributed by atoms with Gasteiger partial charge in [0.2, 0.25) is 5.91 Å². The highest BCUT2D eigenvalue weighted by Crippen LogP contribution is 2.23. The predicted octanol–water partition coefficient (Wildman–Crippen LogP) is 2.25. The molecule has 6 heteroatoms. The molecule has 0 saturated heterocycles. The van der Waals surface area contributed by atoms with E-state index in [1.165, 1.54) is 0 Å². The molecular weight excluding hydrogens is 290 g/mol. The van der Waals surface area contributed by atoms with E-state index >= 15 is 0 Å². The van der Waals surface area contributed by atoms with Crippen molar-refractivity contribution in [1.29, 1.82) is 0 Å². The van der Waals surface area contributed by atoms with E-state index in [2.05, 4.69) is 22.4 Å². The van der Waals surface area contributed by atoms with E-state index in [4.69, 9.17) is 0 Å². The number of benzene rings is 1. The zero-order valence-corrected chi connectivity index (χ0v) is 13.7. The van der Waals surface area contributed by atoms with E-state index in [-0.39, 0.29) is 11.9 Å². The highest BCUT2D eigenvalue weighted by molar-refractivity contribution is 5.81. The minimum atomic E-state index is -0.216. The van der Waals surface area contributed by atoms with E-state index in [0.717, 1.165) is 43.3 Å². The number of carbonyl (C=O) groups is 1. The average molecular weight is 313 g/mol. The minimum absolute atomic E-state index is 0.163. The van der Waals surface area contributed by atoms with Crippen LogP contribution in [-0.2, 0) is 17.8 Å². The fraction of sp³-hybridized carbons (Fsp3) is 0.471. The van der Waals surface area contributed by atoms with Crippen molar-refractivity contribution in [3.63, 3.8) is 0 Å². The number of aromatic nitrogens is 3. The van der Waals surface area contributed by atoms with Gasteiger partial charge in [0, 0.05) is 25.2 Å². The summed E-state index contributed by atoms with van der Waals surface area (Å²) in [4.78, 5) is 14.3. The summed E-state index contributed by atoms with van der Waals surface area (Å²) >= 11 is 0. The van der Waals surface area contributed by atoms with Crippen molar-refractivity contribution in [2.24, 2.45) is 0 Å². The molecular formula is C17H23N5O. The van der Waals surface area contributed by atoms with Crippen LogP contribution in [0.4, 0.5) is 5.69 Å². The Bertz CT molecular complexity index is 667. The van der Waals surface area contributed by atoms with Crippen LogP contribution in [0, 0.1) is 0 Å². The molecule has 1 atom stereocenters. The lowest BCUT2D eigenvalue weighted by Crippen LogP contribution is -2.42. The maximum absolute atomic E-state index is 12.5. The Morgan fingerprint density at radius 2 is 2.04 bits per heavy atom. The molecule has 2 aromatic rings. The number of hydrogen-bond acceptors (Lipinski definition) is 4. The normalized spacial score (nSPS) is 17.2. The van der Waals surface area contributed by atoms with Crippen LogP contribution in [0.15, 0.2) is 30.3 Å². The molecule has 0 bridgehead atoms. The van der Waals surface area contributed by atoms with Crippen molar-refractivity contribution in [3.8, 4) is 0 Å². The molecule has 0 spiro atoms. The summed E-state index contributed by atoms with van der Waals surface area (Å²) in [5, 5.41) is 12.0. The first-order valence-corrected chi connectivity index (χ1v) is 8.21. The Morgan fingerprint density at radius 1 is 1.26 bits per heavy atom. The summed E-state index contributed by atoms with van der Waals surface area (Å²) in [6.45, 7) is 6.13. The van der Waals surface area contributed by atoms with E-state index in [9.17, 15) is 4.79 Å². The number of para-hydroxylation sites is 1. The Balaban J connectivity index is 1.68. The van der Waals surface area contributed by atoms with Gasteiger partial charge in [0.25, 0.3) is 0 Å². The molecule has 1 aliphatic rings. The van der Waals surface area contributed by atoms with Crippen LogP contribution in [0.1, 0.15) is 38.0 Å². The summed E-state index contributed by atoms with van der Waals surface area (Å²) in [5.41, 5.74) is 1.09. The van der Waals surface area contributed by atoms with E-state index in [1.54, 1.807) is 0 Å². The number of amides is 1. The molecule has 1 aromatic carbocycles. The second-order valence-electron chi connectivity index (χ2n) is 5.88. The third-order valence-corrected chi connectivity index (χ3v) is 4.17. The maximum atomic E-state index is 12.5. The molecule has 0 radical (unpaired) electrons. The summed E-state index contributed by atoms with van der Waals surface area (Å²) < 4.78 is 2.00. The molecule has 3 rings (SSSR count). The van der Waals surface area contributed by atoms with Crippen molar-refractivity contribution in [2.45, 2.75) is 39.3 Å². The zero-order chi connectivity index (χ0) is 16.2. The summed E-state index contributed by atoms with van der Waals surface area (Å²) in [6.07, 6.45) is 1.70. The third-order valence-electron chi connectivity index (χ3n) is 4.17. The molecule has 0 unspecified atom stereocenters. The standard InChI is InChI=1S/C17H23N5O/c1-3-11-21-12-16-20-19-15(22(16)13(2)17(21)23)9-10-18-14-7-5-4-6-8-14/h4-8,13,18H,3,9-12H2,1-2H3/t13-/m0/s1. The van der Waals surface area contributed by atoms with Crippen LogP contribution in [0.2, 0.25) is 0 Å². The Kier molecular flexibility index (Phi) is 4.60. The first-order chi connectivity index (χ1) is 11.2. The van der Waals surface area contributed by atoms with E-state index in [1.807, 2.05) is 46.7 Å². The topological polar surface area (TPSA) is 63.1 Å². The molecule has 1 N–H and O–H groups in total. The third kappa shape index (κ3) is 3.21. The molecule has 23 heavy (non-hydrogen) atoms. The van der Waals surface area contributed by atoms with Crippen molar-refractivity contribution in [3.05, 3.63) is 42.0 Å². The van der Waals surface area contributed by atoms with Crippen molar-refractivity contribution in [2.75, 3.05) is 18.4 Å². The van der Waals surface area contributed by atoms with Crippen LogP contribution >= 0.6 is 0 Å².